The van der Waals surface area contributed by atoms with Gasteiger partial charge in [0.05, 0.1) is 17.5 Å². The summed E-state index contributed by atoms with van der Waals surface area (Å²) >= 11 is 8.16. The van der Waals surface area contributed by atoms with E-state index in [4.69, 9.17) is 11.6 Å². The zero-order valence-electron chi connectivity index (χ0n) is 11.1. The summed E-state index contributed by atoms with van der Waals surface area (Å²) in [5, 5.41) is 1.54. The second kappa shape index (κ2) is 6.45. The van der Waals surface area contributed by atoms with Crippen molar-refractivity contribution in [1.29, 1.82) is 0 Å². The third kappa shape index (κ3) is 3.64. The van der Waals surface area contributed by atoms with Crippen molar-refractivity contribution in [2.75, 3.05) is 7.11 Å². The molecule has 114 valence electrons. The first kappa shape index (κ1) is 16.4. The molecule has 21 heavy (non-hydrogen) atoms. The number of sulfonamides is 1. The molecule has 0 aromatic carbocycles. The van der Waals surface area contributed by atoms with Gasteiger partial charge in [0, 0.05) is 4.88 Å². The van der Waals surface area contributed by atoms with Gasteiger partial charge in [0.25, 0.3) is 0 Å². The van der Waals surface area contributed by atoms with E-state index in [0.29, 0.717) is 4.34 Å². The smallest absolute Gasteiger partial charge is 0.349 e. The van der Waals surface area contributed by atoms with Gasteiger partial charge in [-0.15, -0.1) is 22.7 Å². The molecule has 0 fully saturated rings. The van der Waals surface area contributed by atoms with E-state index < -0.39 is 22.0 Å². The van der Waals surface area contributed by atoms with Crippen molar-refractivity contribution >= 4 is 50.3 Å². The fraction of sp³-hybridized carbons (Fsp3) is 0.250. The first-order valence-electron chi connectivity index (χ1n) is 5.78. The van der Waals surface area contributed by atoms with E-state index >= 15 is 0 Å². The lowest BCUT2D eigenvalue weighted by molar-refractivity contribution is 0.0602. The monoisotopic (exact) mass is 365 g/mol. The number of methoxy groups -OCH3 is 1. The van der Waals surface area contributed by atoms with E-state index in [2.05, 4.69) is 9.46 Å². The van der Waals surface area contributed by atoms with Crippen LogP contribution in [0.4, 0.5) is 0 Å². The molecule has 9 heteroatoms. The van der Waals surface area contributed by atoms with Crippen LogP contribution in [-0.4, -0.2) is 21.5 Å². The summed E-state index contributed by atoms with van der Waals surface area (Å²) in [7, 11) is -2.61. The Labute approximate surface area is 135 Å². The first-order valence-corrected chi connectivity index (χ1v) is 9.34. The Morgan fingerprint density at radius 2 is 2.10 bits per heavy atom. The summed E-state index contributed by atoms with van der Waals surface area (Å²) in [6.45, 7) is 1.71. The second-order valence-corrected chi connectivity index (χ2v) is 8.44. The van der Waals surface area contributed by atoms with Gasteiger partial charge in [0.15, 0.2) is 0 Å². The van der Waals surface area contributed by atoms with Crippen LogP contribution in [0.15, 0.2) is 28.5 Å². The van der Waals surface area contributed by atoms with Crippen molar-refractivity contribution in [2.45, 2.75) is 17.9 Å². The molecule has 0 aliphatic carbocycles. The van der Waals surface area contributed by atoms with Crippen molar-refractivity contribution in [3.8, 4) is 0 Å². The van der Waals surface area contributed by atoms with Gasteiger partial charge in [0.1, 0.15) is 9.77 Å². The SMILES string of the molecule is COC(=O)c1sccc1S(=O)(=O)NC(C)c1ccc(Cl)s1. The van der Waals surface area contributed by atoms with E-state index in [1.807, 2.05) is 0 Å². The van der Waals surface area contributed by atoms with Gasteiger partial charge in [-0.3, -0.25) is 0 Å². The average molecular weight is 366 g/mol. The summed E-state index contributed by atoms with van der Waals surface area (Å²) in [5.41, 5.74) is 0. The van der Waals surface area contributed by atoms with Crippen LogP contribution in [0.3, 0.4) is 0 Å². The number of hydrogen-bond acceptors (Lipinski definition) is 6. The number of ether oxygens (including phenoxy) is 1. The molecule has 0 aliphatic rings. The molecule has 0 saturated carbocycles. The summed E-state index contributed by atoms with van der Waals surface area (Å²) in [4.78, 5) is 12.4. The molecule has 2 rings (SSSR count). The molecule has 0 bridgehead atoms. The van der Waals surface area contributed by atoms with Crippen LogP contribution in [0.25, 0.3) is 0 Å². The number of hydrogen-bond donors (Lipinski definition) is 1. The van der Waals surface area contributed by atoms with E-state index in [1.165, 1.54) is 29.9 Å². The Bertz CT molecular complexity index is 750. The molecular weight excluding hydrogens is 354 g/mol. The van der Waals surface area contributed by atoms with Crippen LogP contribution < -0.4 is 4.72 Å². The molecule has 0 radical (unpaired) electrons. The lowest BCUT2D eigenvalue weighted by Gasteiger charge is -2.12. The molecule has 0 saturated heterocycles. The highest BCUT2D eigenvalue weighted by molar-refractivity contribution is 7.89. The Morgan fingerprint density at radius 3 is 2.67 bits per heavy atom. The number of carbonyl (C=O) groups excluding carboxylic acids is 1. The summed E-state index contributed by atoms with van der Waals surface area (Å²) in [6.07, 6.45) is 0. The normalized spacial score (nSPS) is 13.1. The minimum absolute atomic E-state index is 0.0569. The van der Waals surface area contributed by atoms with Crippen molar-refractivity contribution in [2.24, 2.45) is 0 Å². The topological polar surface area (TPSA) is 72.5 Å². The van der Waals surface area contributed by atoms with Crippen LogP contribution in [-0.2, 0) is 14.8 Å². The Morgan fingerprint density at radius 1 is 1.38 bits per heavy atom. The number of nitrogens with one attached hydrogen (secondary N) is 1. The van der Waals surface area contributed by atoms with Gasteiger partial charge >= 0.3 is 5.97 Å². The molecule has 5 nitrogen and oxygen atoms in total. The van der Waals surface area contributed by atoms with Gasteiger partial charge in [0.2, 0.25) is 10.0 Å². The maximum Gasteiger partial charge on any atom is 0.349 e. The van der Waals surface area contributed by atoms with Crippen LogP contribution >= 0.6 is 34.3 Å². The van der Waals surface area contributed by atoms with E-state index in [-0.39, 0.29) is 9.77 Å². The molecule has 0 spiro atoms. The van der Waals surface area contributed by atoms with E-state index in [0.717, 1.165) is 16.2 Å². The molecule has 1 N–H and O–H groups in total. The van der Waals surface area contributed by atoms with E-state index in [9.17, 15) is 13.2 Å². The quantitative estimate of drug-likeness (QED) is 0.825. The van der Waals surface area contributed by atoms with Crippen LogP contribution in [0.5, 0.6) is 0 Å². The van der Waals surface area contributed by atoms with Crippen molar-refractivity contribution < 1.29 is 17.9 Å². The third-order valence-corrected chi connectivity index (χ3v) is 6.66. The molecular formula is C12H12ClNO4S3. The minimum Gasteiger partial charge on any atom is -0.465 e. The highest BCUT2D eigenvalue weighted by atomic mass is 35.5. The van der Waals surface area contributed by atoms with Gasteiger partial charge in [-0.05, 0) is 30.5 Å². The lowest BCUT2D eigenvalue weighted by Crippen LogP contribution is -2.27. The maximum atomic E-state index is 12.4. The first-order chi connectivity index (χ1) is 9.85. The zero-order chi connectivity index (χ0) is 15.6. The number of thiophene rings is 2. The fourth-order valence-electron chi connectivity index (χ4n) is 1.67. The number of esters is 1. The number of carbonyl (C=O) groups is 1. The van der Waals surface area contributed by atoms with Gasteiger partial charge in [-0.25, -0.2) is 17.9 Å². The standard InChI is InChI=1S/C12H12ClNO4S3/c1-7(8-3-4-10(13)20-8)14-21(16,17)9-5-6-19-11(9)12(15)18-2/h3-7,14H,1-2H3. The Kier molecular flexibility index (Phi) is 5.05. The fourth-order valence-corrected chi connectivity index (χ4v) is 5.36. The minimum atomic E-state index is -3.82. The van der Waals surface area contributed by atoms with Crippen molar-refractivity contribution in [3.05, 3.63) is 37.7 Å². The number of halogens is 1. The molecule has 1 atom stereocenters. The predicted octanol–water partition coefficient (Wildman–Crippen LogP) is 3.29. The average Bonchev–Trinajstić information content (AvgIpc) is 3.05. The van der Waals surface area contributed by atoms with Crippen molar-refractivity contribution in [1.82, 2.24) is 4.72 Å². The van der Waals surface area contributed by atoms with Crippen LogP contribution in [0.2, 0.25) is 4.34 Å². The van der Waals surface area contributed by atoms with Gasteiger partial charge < -0.3 is 4.74 Å². The zero-order valence-corrected chi connectivity index (χ0v) is 14.3. The molecule has 0 aliphatic heterocycles. The largest absolute Gasteiger partial charge is 0.465 e. The van der Waals surface area contributed by atoms with Crippen LogP contribution in [0.1, 0.15) is 27.5 Å². The molecule has 1 unspecified atom stereocenters. The summed E-state index contributed by atoms with van der Waals surface area (Å²) < 4.78 is 32.5. The highest BCUT2D eigenvalue weighted by Gasteiger charge is 2.26. The molecule has 2 aromatic heterocycles. The second-order valence-electron chi connectivity index (χ2n) is 4.09. The van der Waals surface area contributed by atoms with Gasteiger partial charge in [-0.1, -0.05) is 11.6 Å². The molecule has 0 amide bonds. The summed E-state index contributed by atoms with van der Waals surface area (Å²) in [6, 6.07) is 4.40. The van der Waals surface area contributed by atoms with Gasteiger partial charge in [-0.2, -0.15) is 0 Å². The Hall–Kier alpha value is -0.930. The van der Waals surface area contributed by atoms with Crippen LogP contribution in [0, 0.1) is 0 Å². The Balaban J connectivity index is 2.27. The number of rotatable bonds is 5. The summed E-state index contributed by atoms with van der Waals surface area (Å²) in [5.74, 6) is -0.669. The molecule has 2 heterocycles. The highest BCUT2D eigenvalue weighted by Crippen LogP contribution is 2.29. The third-order valence-electron chi connectivity index (χ3n) is 2.64. The molecule has 2 aromatic rings. The maximum absolute atomic E-state index is 12.4. The predicted molar refractivity (Wildman–Crippen MR) is 83.7 cm³/mol. The van der Waals surface area contributed by atoms with Crippen molar-refractivity contribution in [3.63, 3.8) is 0 Å². The van der Waals surface area contributed by atoms with E-state index in [1.54, 1.807) is 19.1 Å². The lowest BCUT2D eigenvalue weighted by atomic mass is 10.3.